The molecule has 0 amide bonds. The van der Waals surface area contributed by atoms with Gasteiger partial charge in [0.05, 0.1) is 10.4 Å². The van der Waals surface area contributed by atoms with E-state index in [2.05, 4.69) is 10.9 Å². The molecule has 1 saturated carbocycles. The molecule has 56 valence electrons. The Hall–Kier alpha value is -0.810. The maximum atomic E-state index is 5.44. The average molecular weight is 163 g/mol. The van der Waals surface area contributed by atoms with Crippen LogP contribution in [-0.4, -0.2) is 4.98 Å². The Morgan fingerprint density at radius 2 is 2.45 bits per heavy atom. The molecular formula is C9H9NS. The monoisotopic (exact) mass is 163 g/mol. The molecule has 0 spiro atoms. The van der Waals surface area contributed by atoms with Crippen LogP contribution in [0.3, 0.4) is 0 Å². The van der Waals surface area contributed by atoms with E-state index in [0.717, 1.165) is 17.8 Å². The lowest BCUT2D eigenvalue weighted by Gasteiger charge is -1.99. The SMILES string of the molecule is C#CC1(c2cnc(C)s2)CC1. The highest BCUT2D eigenvalue weighted by Crippen LogP contribution is 2.49. The summed E-state index contributed by atoms with van der Waals surface area (Å²) in [4.78, 5) is 5.47. The van der Waals surface area contributed by atoms with Crippen molar-refractivity contribution in [2.24, 2.45) is 0 Å². The third-order valence-corrected chi connectivity index (χ3v) is 3.24. The molecule has 0 aliphatic heterocycles. The van der Waals surface area contributed by atoms with Gasteiger partial charge in [0, 0.05) is 11.1 Å². The van der Waals surface area contributed by atoms with Crippen LogP contribution in [0.1, 0.15) is 22.7 Å². The highest BCUT2D eigenvalue weighted by molar-refractivity contribution is 7.11. The van der Waals surface area contributed by atoms with Crippen LogP contribution in [0, 0.1) is 19.3 Å². The van der Waals surface area contributed by atoms with Gasteiger partial charge in [-0.05, 0) is 19.8 Å². The minimum absolute atomic E-state index is 0.0892. The number of aromatic nitrogens is 1. The third kappa shape index (κ3) is 0.965. The van der Waals surface area contributed by atoms with Crippen molar-refractivity contribution in [1.29, 1.82) is 0 Å². The third-order valence-electron chi connectivity index (χ3n) is 2.12. The van der Waals surface area contributed by atoms with Crippen molar-refractivity contribution in [3.05, 3.63) is 16.1 Å². The Kier molecular flexibility index (Phi) is 1.30. The minimum Gasteiger partial charge on any atom is -0.250 e. The first-order valence-electron chi connectivity index (χ1n) is 3.67. The van der Waals surface area contributed by atoms with Gasteiger partial charge in [0.1, 0.15) is 0 Å². The van der Waals surface area contributed by atoms with Gasteiger partial charge in [-0.2, -0.15) is 0 Å². The fourth-order valence-corrected chi connectivity index (χ4v) is 2.16. The van der Waals surface area contributed by atoms with Crippen molar-refractivity contribution < 1.29 is 0 Å². The Bertz CT molecular complexity index is 315. The number of nitrogens with zero attached hydrogens (tertiary/aromatic N) is 1. The molecule has 1 heterocycles. The Balaban J connectivity index is 2.38. The molecule has 0 atom stereocenters. The maximum absolute atomic E-state index is 5.44. The largest absolute Gasteiger partial charge is 0.250 e. The number of rotatable bonds is 1. The van der Waals surface area contributed by atoms with Crippen LogP contribution in [-0.2, 0) is 5.41 Å². The highest BCUT2D eigenvalue weighted by atomic mass is 32.1. The van der Waals surface area contributed by atoms with Gasteiger partial charge in [-0.1, -0.05) is 5.92 Å². The van der Waals surface area contributed by atoms with Crippen molar-refractivity contribution in [3.8, 4) is 12.3 Å². The van der Waals surface area contributed by atoms with Gasteiger partial charge >= 0.3 is 0 Å². The molecular weight excluding hydrogens is 154 g/mol. The number of hydrogen-bond donors (Lipinski definition) is 0. The molecule has 1 fully saturated rings. The predicted molar refractivity (Wildman–Crippen MR) is 46.6 cm³/mol. The molecule has 0 radical (unpaired) electrons. The molecule has 0 aromatic carbocycles. The molecule has 0 bridgehead atoms. The van der Waals surface area contributed by atoms with Crippen molar-refractivity contribution >= 4 is 11.3 Å². The van der Waals surface area contributed by atoms with Crippen LogP contribution < -0.4 is 0 Å². The first-order chi connectivity index (χ1) is 5.27. The molecule has 1 nitrogen and oxygen atoms in total. The number of aryl methyl sites for hydroxylation is 1. The second kappa shape index (κ2) is 2.09. The minimum atomic E-state index is 0.0892. The first kappa shape index (κ1) is 6.87. The zero-order chi connectivity index (χ0) is 7.90. The summed E-state index contributed by atoms with van der Waals surface area (Å²) in [5.41, 5.74) is 0.0892. The van der Waals surface area contributed by atoms with Gasteiger partial charge in [-0.25, -0.2) is 4.98 Å². The first-order valence-corrected chi connectivity index (χ1v) is 4.49. The summed E-state index contributed by atoms with van der Waals surface area (Å²) < 4.78 is 0. The van der Waals surface area contributed by atoms with Gasteiger partial charge < -0.3 is 0 Å². The highest BCUT2D eigenvalue weighted by Gasteiger charge is 2.44. The van der Waals surface area contributed by atoms with E-state index >= 15 is 0 Å². The second-order valence-corrected chi connectivity index (χ2v) is 4.20. The molecule has 2 rings (SSSR count). The van der Waals surface area contributed by atoms with Crippen LogP contribution in [0.4, 0.5) is 0 Å². The molecule has 0 unspecified atom stereocenters. The Morgan fingerprint density at radius 1 is 1.73 bits per heavy atom. The van der Waals surface area contributed by atoms with Crippen LogP contribution in [0.25, 0.3) is 0 Å². The smallest absolute Gasteiger partial charge is 0.0897 e. The molecule has 1 aromatic heterocycles. The summed E-state index contributed by atoms with van der Waals surface area (Å²) in [7, 11) is 0. The number of terminal acetylenes is 1. The van der Waals surface area contributed by atoms with Crippen molar-refractivity contribution in [2.45, 2.75) is 25.2 Å². The molecule has 1 aliphatic rings. The molecule has 0 N–H and O–H groups in total. The summed E-state index contributed by atoms with van der Waals surface area (Å²) in [5.74, 6) is 2.85. The van der Waals surface area contributed by atoms with Crippen LogP contribution in [0.15, 0.2) is 6.20 Å². The van der Waals surface area contributed by atoms with Gasteiger partial charge in [0.15, 0.2) is 0 Å². The van der Waals surface area contributed by atoms with Crippen LogP contribution in [0.2, 0.25) is 0 Å². The van der Waals surface area contributed by atoms with Gasteiger partial charge in [0.2, 0.25) is 0 Å². The topological polar surface area (TPSA) is 12.9 Å². The summed E-state index contributed by atoms with van der Waals surface area (Å²) in [6.45, 7) is 2.01. The van der Waals surface area contributed by atoms with Crippen molar-refractivity contribution in [3.63, 3.8) is 0 Å². The van der Waals surface area contributed by atoms with E-state index in [4.69, 9.17) is 6.42 Å². The molecule has 2 heteroatoms. The molecule has 0 saturated heterocycles. The lowest BCUT2D eigenvalue weighted by molar-refractivity contribution is 0.955. The van der Waals surface area contributed by atoms with Crippen molar-refractivity contribution in [2.75, 3.05) is 0 Å². The predicted octanol–water partition coefficient (Wildman–Crippen LogP) is 2.12. The van der Waals surface area contributed by atoms with Gasteiger partial charge in [-0.3, -0.25) is 0 Å². The standard InChI is InChI=1S/C9H9NS/c1-3-9(4-5-9)8-6-10-7(2)11-8/h1,6H,4-5H2,2H3. The van der Waals surface area contributed by atoms with E-state index in [0.29, 0.717) is 0 Å². The second-order valence-electron chi connectivity index (χ2n) is 2.97. The maximum Gasteiger partial charge on any atom is 0.0897 e. The Morgan fingerprint density at radius 3 is 2.82 bits per heavy atom. The molecule has 1 aromatic rings. The van der Waals surface area contributed by atoms with Gasteiger partial charge in [0.25, 0.3) is 0 Å². The lowest BCUT2D eigenvalue weighted by atomic mass is 10.1. The van der Waals surface area contributed by atoms with Crippen LogP contribution >= 0.6 is 11.3 Å². The van der Waals surface area contributed by atoms with Crippen LogP contribution in [0.5, 0.6) is 0 Å². The quantitative estimate of drug-likeness (QED) is 0.578. The van der Waals surface area contributed by atoms with Crippen molar-refractivity contribution in [1.82, 2.24) is 4.98 Å². The summed E-state index contributed by atoms with van der Waals surface area (Å²) in [6.07, 6.45) is 9.65. The van der Waals surface area contributed by atoms with E-state index in [1.165, 1.54) is 4.88 Å². The fourth-order valence-electron chi connectivity index (χ4n) is 1.17. The zero-order valence-corrected chi connectivity index (χ0v) is 7.24. The average Bonchev–Trinajstić information content (AvgIpc) is 2.70. The van der Waals surface area contributed by atoms with Gasteiger partial charge in [-0.15, -0.1) is 17.8 Å². The number of hydrogen-bond acceptors (Lipinski definition) is 2. The van der Waals surface area contributed by atoms with E-state index < -0.39 is 0 Å². The summed E-state index contributed by atoms with van der Waals surface area (Å²) >= 11 is 1.73. The lowest BCUT2D eigenvalue weighted by Crippen LogP contribution is -1.97. The zero-order valence-electron chi connectivity index (χ0n) is 6.42. The summed E-state index contributed by atoms with van der Waals surface area (Å²) in [5, 5.41) is 1.11. The normalized spacial score (nSPS) is 19.3. The fraction of sp³-hybridized carbons (Fsp3) is 0.444. The van der Waals surface area contributed by atoms with E-state index in [-0.39, 0.29) is 5.41 Å². The summed E-state index contributed by atoms with van der Waals surface area (Å²) in [6, 6.07) is 0. The van der Waals surface area contributed by atoms with E-state index in [9.17, 15) is 0 Å². The molecule has 11 heavy (non-hydrogen) atoms. The Labute approximate surface area is 70.5 Å². The number of thiazole rings is 1. The van der Waals surface area contributed by atoms with E-state index in [1.54, 1.807) is 11.3 Å². The van der Waals surface area contributed by atoms with E-state index in [1.807, 2.05) is 13.1 Å². The molecule has 1 aliphatic carbocycles.